The number of halogens is 1. The first-order chi connectivity index (χ1) is 12.1. The second-order valence-corrected chi connectivity index (χ2v) is 8.68. The highest BCUT2D eigenvalue weighted by Crippen LogP contribution is 2.25. The number of anilines is 1. The van der Waals surface area contributed by atoms with Crippen LogP contribution in [0.2, 0.25) is 0 Å². The molecule has 1 atom stereocenters. The Morgan fingerprint density at radius 2 is 2.04 bits per heavy atom. The summed E-state index contributed by atoms with van der Waals surface area (Å²) in [6, 6.07) is 12.9. The highest BCUT2D eigenvalue weighted by Gasteiger charge is 2.22. The quantitative estimate of drug-likeness (QED) is 0.566. The summed E-state index contributed by atoms with van der Waals surface area (Å²) in [5.41, 5.74) is 1.31. The van der Waals surface area contributed by atoms with Gasteiger partial charge >= 0.3 is 0 Å². The number of nitrogens with zero attached hydrogens (tertiary/aromatic N) is 2. The molecule has 1 aromatic carbocycles. The Kier molecular flexibility index (Phi) is 6.37. The zero-order chi connectivity index (χ0) is 17.6. The first kappa shape index (κ1) is 18.3. The van der Waals surface area contributed by atoms with Gasteiger partial charge < -0.3 is 15.5 Å². The summed E-state index contributed by atoms with van der Waals surface area (Å²) in [5.74, 6) is 1.53. The van der Waals surface area contributed by atoms with E-state index >= 15 is 0 Å². The van der Waals surface area contributed by atoms with Crippen LogP contribution in [0.3, 0.4) is 0 Å². The molecule has 0 amide bonds. The van der Waals surface area contributed by atoms with Crippen molar-refractivity contribution in [2.45, 2.75) is 19.9 Å². The molecule has 6 heteroatoms. The largest absolute Gasteiger partial charge is 0.371 e. The highest BCUT2D eigenvalue weighted by molar-refractivity contribution is 9.10. The molecule has 0 saturated carbocycles. The molecule has 2 heterocycles. The Balaban J connectivity index is 1.44. The Hall–Kier alpha value is -1.53. The van der Waals surface area contributed by atoms with Crippen LogP contribution in [0.5, 0.6) is 0 Å². The van der Waals surface area contributed by atoms with Gasteiger partial charge in [0.2, 0.25) is 0 Å². The van der Waals surface area contributed by atoms with Crippen LogP contribution < -0.4 is 15.5 Å². The van der Waals surface area contributed by atoms with Gasteiger partial charge in [-0.3, -0.25) is 4.99 Å². The van der Waals surface area contributed by atoms with Crippen molar-refractivity contribution in [1.82, 2.24) is 10.6 Å². The van der Waals surface area contributed by atoms with Crippen LogP contribution in [0, 0.1) is 12.8 Å². The van der Waals surface area contributed by atoms with E-state index in [2.05, 4.69) is 79.8 Å². The lowest BCUT2D eigenvalue weighted by Gasteiger charge is -2.19. The Morgan fingerprint density at radius 3 is 2.72 bits per heavy atom. The molecule has 25 heavy (non-hydrogen) atoms. The van der Waals surface area contributed by atoms with Gasteiger partial charge in [-0.1, -0.05) is 15.9 Å². The third-order valence-corrected chi connectivity index (χ3v) is 6.01. The van der Waals surface area contributed by atoms with Crippen molar-refractivity contribution in [3.8, 4) is 0 Å². The summed E-state index contributed by atoms with van der Waals surface area (Å²) in [6.07, 6.45) is 1.21. The van der Waals surface area contributed by atoms with Gasteiger partial charge in [0.25, 0.3) is 0 Å². The Labute approximate surface area is 162 Å². The first-order valence-corrected chi connectivity index (χ1v) is 10.3. The Bertz CT molecular complexity index is 710. The summed E-state index contributed by atoms with van der Waals surface area (Å²) in [5, 5.41) is 6.88. The lowest BCUT2D eigenvalue weighted by atomic mass is 10.1. The second kappa shape index (κ2) is 8.72. The molecule has 1 aliphatic heterocycles. The molecule has 0 radical (unpaired) electrons. The van der Waals surface area contributed by atoms with Crippen molar-refractivity contribution >= 4 is 38.9 Å². The van der Waals surface area contributed by atoms with Gasteiger partial charge in [-0.15, -0.1) is 11.3 Å². The lowest BCUT2D eigenvalue weighted by molar-refractivity contribution is 0.566. The predicted octanol–water partition coefficient (Wildman–Crippen LogP) is 4.01. The number of aryl methyl sites for hydroxylation is 1. The molecule has 134 valence electrons. The molecule has 2 aromatic rings. The normalized spacial score (nSPS) is 17.8. The molecule has 0 bridgehead atoms. The fourth-order valence-corrected chi connectivity index (χ4v) is 4.19. The van der Waals surface area contributed by atoms with Crippen molar-refractivity contribution in [1.29, 1.82) is 0 Å². The van der Waals surface area contributed by atoms with Gasteiger partial charge in [0, 0.05) is 46.6 Å². The van der Waals surface area contributed by atoms with Crippen molar-refractivity contribution in [3.63, 3.8) is 0 Å². The van der Waals surface area contributed by atoms with E-state index in [9.17, 15) is 0 Å². The summed E-state index contributed by atoms with van der Waals surface area (Å²) in [6.45, 7) is 6.13. The molecule has 2 N–H and O–H groups in total. The van der Waals surface area contributed by atoms with Gasteiger partial charge in [0.15, 0.2) is 5.96 Å². The maximum absolute atomic E-state index is 4.34. The molecule has 0 aliphatic carbocycles. The number of benzene rings is 1. The topological polar surface area (TPSA) is 39.7 Å². The summed E-state index contributed by atoms with van der Waals surface area (Å²) < 4.78 is 1.13. The van der Waals surface area contributed by atoms with E-state index in [1.807, 2.05) is 18.4 Å². The molecular weight excluding hydrogens is 396 g/mol. The maximum atomic E-state index is 4.34. The lowest BCUT2D eigenvalue weighted by Crippen LogP contribution is -2.39. The van der Waals surface area contributed by atoms with Crippen molar-refractivity contribution < 1.29 is 0 Å². The summed E-state index contributed by atoms with van der Waals surface area (Å²) >= 11 is 5.33. The van der Waals surface area contributed by atoms with E-state index in [-0.39, 0.29) is 0 Å². The van der Waals surface area contributed by atoms with Crippen LogP contribution in [0.25, 0.3) is 0 Å². The molecule has 4 nitrogen and oxygen atoms in total. The van der Waals surface area contributed by atoms with Gasteiger partial charge in [-0.25, -0.2) is 0 Å². The molecule has 1 aromatic heterocycles. The second-order valence-electron chi connectivity index (χ2n) is 6.40. The number of rotatable bonds is 5. The fraction of sp³-hybridized carbons (Fsp3) is 0.421. The van der Waals surface area contributed by atoms with Gasteiger partial charge in [0.1, 0.15) is 0 Å². The molecular formula is C19H25BrN4S. The molecule has 1 fully saturated rings. The van der Waals surface area contributed by atoms with Crippen LogP contribution in [0.1, 0.15) is 16.2 Å². The summed E-state index contributed by atoms with van der Waals surface area (Å²) in [7, 11) is 1.83. The zero-order valence-electron chi connectivity index (χ0n) is 14.8. The number of hydrogen-bond donors (Lipinski definition) is 2. The number of aliphatic imine (C=N–C) groups is 1. The molecule has 1 unspecified atom stereocenters. The van der Waals surface area contributed by atoms with E-state index in [0.29, 0.717) is 5.92 Å². The standard InChI is InChI=1S/C19H25BrN4S/c1-14-3-8-18(25-14)12-23-19(21-2)22-11-15-9-10-24(13-15)17-6-4-16(20)5-7-17/h3-8,15H,9-13H2,1-2H3,(H2,21,22,23). The van der Waals surface area contributed by atoms with Gasteiger partial charge in [-0.05, 0) is 55.7 Å². The van der Waals surface area contributed by atoms with Crippen LogP contribution >= 0.6 is 27.3 Å². The van der Waals surface area contributed by atoms with Crippen LogP contribution in [-0.4, -0.2) is 32.6 Å². The third kappa shape index (κ3) is 5.22. The molecule has 3 rings (SSSR count). The van der Waals surface area contributed by atoms with E-state index in [4.69, 9.17) is 0 Å². The SMILES string of the molecule is CN=C(NCc1ccc(C)s1)NCC1CCN(c2ccc(Br)cc2)C1. The molecule has 1 aliphatic rings. The molecule has 0 spiro atoms. The van der Waals surface area contributed by atoms with E-state index in [1.165, 1.54) is 21.9 Å². The minimum Gasteiger partial charge on any atom is -0.371 e. The summed E-state index contributed by atoms with van der Waals surface area (Å²) in [4.78, 5) is 9.48. The maximum Gasteiger partial charge on any atom is 0.191 e. The number of guanidine groups is 1. The van der Waals surface area contributed by atoms with E-state index < -0.39 is 0 Å². The smallest absolute Gasteiger partial charge is 0.191 e. The van der Waals surface area contributed by atoms with Crippen molar-refractivity contribution in [2.75, 3.05) is 31.6 Å². The number of hydrogen-bond acceptors (Lipinski definition) is 3. The van der Waals surface area contributed by atoms with E-state index in [1.54, 1.807) is 0 Å². The van der Waals surface area contributed by atoms with Gasteiger partial charge in [-0.2, -0.15) is 0 Å². The van der Waals surface area contributed by atoms with Crippen molar-refractivity contribution in [3.05, 3.63) is 50.6 Å². The monoisotopic (exact) mass is 420 g/mol. The fourth-order valence-electron chi connectivity index (χ4n) is 3.10. The minimum absolute atomic E-state index is 0.645. The van der Waals surface area contributed by atoms with Crippen LogP contribution in [0.15, 0.2) is 45.9 Å². The zero-order valence-corrected chi connectivity index (χ0v) is 17.2. The number of thiophene rings is 1. The number of nitrogens with one attached hydrogen (secondary N) is 2. The average molecular weight is 421 g/mol. The highest BCUT2D eigenvalue weighted by atomic mass is 79.9. The van der Waals surface area contributed by atoms with Crippen LogP contribution in [-0.2, 0) is 6.54 Å². The van der Waals surface area contributed by atoms with E-state index in [0.717, 1.165) is 36.6 Å². The van der Waals surface area contributed by atoms with Crippen LogP contribution in [0.4, 0.5) is 5.69 Å². The minimum atomic E-state index is 0.645. The Morgan fingerprint density at radius 1 is 1.24 bits per heavy atom. The average Bonchev–Trinajstić information content (AvgIpc) is 3.25. The third-order valence-electron chi connectivity index (χ3n) is 4.49. The molecule has 1 saturated heterocycles. The van der Waals surface area contributed by atoms with Crippen molar-refractivity contribution in [2.24, 2.45) is 10.9 Å². The predicted molar refractivity (Wildman–Crippen MR) is 112 cm³/mol. The first-order valence-electron chi connectivity index (χ1n) is 8.64. The van der Waals surface area contributed by atoms with Gasteiger partial charge in [0.05, 0.1) is 6.54 Å².